The van der Waals surface area contributed by atoms with E-state index in [0.717, 1.165) is 50.9 Å². The van der Waals surface area contributed by atoms with Crippen molar-refractivity contribution in [3.63, 3.8) is 0 Å². The molecule has 1 aromatic carbocycles. The van der Waals surface area contributed by atoms with Gasteiger partial charge in [0.05, 0.1) is 6.10 Å². The van der Waals surface area contributed by atoms with Crippen LogP contribution in [0.4, 0.5) is 0 Å². The standard InChI is InChI=1S/C8H10.C7H13NO.C5H12O.2C5H12.C4H10.C3H9N.C3H8O.C2H6.6CH5N.10CH2O.3H3N.2H2/c1-2-8-6-4-3-5-7-8;1-7(9)8-5-3-2-4-6-8;1-4-6-5(2)3;2*1-4-5(2)3;1-3-4-2;1-2-3-4;1-3(2)4;17*1-2;;;;;/h3-7H,2H2,1H3;2-6H2,1H3;5H,4H2,1-3H3;2*5H,4H2,1-3H3;3-4H2,1-2H3;2-4H2,1H3;3-4H,1-2H3;1-2H3;6*2H2,1H3;10*1H2;3*1H3;2*1H. The largest absolute Gasteiger partial charge is 0.394 e. The van der Waals surface area contributed by atoms with Crippen LogP contribution in [-0.2, 0) is 63.9 Å². The highest BCUT2D eigenvalue weighted by molar-refractivity contribution is 5.73. The summed E-state index contributed by atoms with van der Waals surface area (Å²) in [7, 11) is 9.00. The van der Waals surface area contributed by atoms with Crippen LogP contribution in [-0.4, -0.2) is 165 Å². The molecule has 0 aromatic heterocycles. The van der Waals surface area contributed by atoms with Gasteiger partial charge in [0.15, 0.2) is 0 Å². The van der Waals surface area contributed by atoms with Gasteiger partial charge in [-0.1, -0.05) is 139 Å². The molecule has 520 valence electrons. The number of aliphatic hydroxyl groups excluding tert-OH is 1. The molecule has 1 saturated heterocycles. The normalized spacial score (nSPS) is 7.15. The minimum atomic E-state index is -0.167. The summed E-state index contributed by atoms with van der Waals surface area (Å²) in [6, 6.07) is 10.5. The molecule has 0 aliphatic carbocycles. The maximum absolute atomic E-state index is 10.7. The molecule has 0 saturated carbocycles. The van der Waals surface area contributed by atoms with Gasteiger partial charge < -0.3 is 121 Å². The van der Waals surface area contributed by atoms with Gasteiger partial charge in [-0.25, -0.2) is 0 Å². The first-order valence-corrected chi connectivity index (χ1v) is 25.8. The molecule has 0 bridgehead atoms. The van der Waals surface area contributed by atoms with E-state index in [4.69, 9.17) is 63.5 Å². The Morgan fingerprint density at radius 3 is 0.756 bits per heavy atom. The molecule has 1 heterocycles. The molecule has 24 heteroatoms. The summed E-state index contributed by atoms with van der Waals surface area (Å²) in [6.07, 6.45) is 11.4. The van der Waals surface area contributed by atoms with Gasteiger partial charge in [-0.05, 0) is 133 Å². The van der Waals surface area contributed by atoms with Crippen molar-refractivity contribution < 1.29 is 65.4 Å². The van der Waals surface area contributed by atoms with E-state index in [1.165, 1.54) is 92.8 Å². The SMILES string of the molecule is C=O.C=O.C=O.C=O.C=O.C=O.C=O.C=O.C=O.C=O.CC.CC(=O)N1CCCCC1.CC(C)O.CCC(C)C.CCC(C)C.CCCC.CCCN.CCOC(C)C.CCc1ccccc1.CN.CN.CN.CN.CN.CN.N.N.N.[HH].[HH]. The van der Waals surface area contributed by atoms with Crippen molar-refractivity contribution in [1.29, 1.82) is 0 Å². The molecule has 24 N–H and O–H groups in total. The van der Waals surface area contributed by atoms with E-state index in [-0.39, 0.29) is 33.3 Å². The number of nitrogens with two attached hydrogens (primary N) is 7. The van der Waals surface area contributed by atoms with Gasteiger partial charge in [-0.3, -0.25) is 4.79 Å². The molecular weight excluding hydrogens is 1060 g/mol. The minimum Gasteiger partial charge on any atom is -0.394 e. The lowest BCUT2D eigenvalue weighted by Gasteiger charge is -2.24. The molecule has 0 atom stereocenters. The number of carbonyl (C=O) groups excluding carboxylic acids is 11. The van der Waals surface area contributed by atoms with Gasteiger partial charge in [0.1, 0.15) is 67.9 Å². The molecule has 24 nitrogen and oxygen atoms in total. The van der Waals surface area contributed by atoms with Crippen molar-refractivity contribution >= 4 is 73.8 Å². The molecule has 1 aromatic rings. The fraction of sp³-hybridized carbons (Fsp3) is 0.707. The second-order valence-electron chi connectivity index (χ2n) is 12.4. The number of aliphatic hydroxyl groups is 1. The predicted octanol–water partition coefficient (Wildman–Crippen LogP) is 8.96. The minimum absolute atomic E-state index is 0. The van der Waals surface area contributed by atoms with Crippen LogP contribution in [0, 0.1) is 11.8 Å². The first-order valence-electron chi connectivity index (χ1n) is 25.8. The van der Waals surface area contributed by atoms with E-state index < -0.39 is 0 Å². The zero-order valence-electron chi connectivity index (χ0n) is 58.4. The van der Waals surface area contributed by atoms with Crippen LogP contribution in [0.3, 0.4) is 0 Å². The van der Waals surface area contributed by atoms with Crippen molar-refractivity contribution in [1.82, 2.24) is 23.4 Å². The van der Waals surface area contributed by atoms with E-state index in [9.17, 15) is 4.79 Å². The Kier molecular flexibility index (Phi) is 729. The summed E-state index contributed by atoms with van der Waals surface area (Å²) in [4.78, 5) is 92.6. The van der Waals surface area contributed by atoms with Crippen molar-refractivity contribution in [2.45, 2.75) is 195 Å². The topological polar surface area (TPSA) is 508 Å². The first-order chi connectivity index (χ1) is 38.1. The van der Waals surface area contributed by atoms with E-state index >= 15 is 0 Å². The third kappa shape index (κ3) is 610. The molecule has 0 radical (unpaired) electrons. The number of piperidine rings is 1. The zero-order valence-corrected chi connectivity index (χ0v) is 58.4. The summed E-state index contributed by atoms with van der Waals surface area (Å²) < 4.78 is 5.04. The third-order valence-electron chi connectivity index (χ3n) is 5.97. The Bertz CT molecular complexity index is 775. The molecule has 1 fully saturated rings. The average molecular weight is 1210 g/mol. The monoisotopic (exact) mass is 1210 g/mol. The van der Waals surface area contributed by atoms with E-state index in [1.807, 2.05) is 113 Å². The van der Waals surface area contributed by atoms with Crippen molar-refractivity contribution in [2.24, 2.45) is 52.0 Å². The van der Waals surface area contributed by atoms with Crippen molar-refractivity contribution in [2.75, 3.05) is 68.5 Å². The number of unbranched alkanes of at least 4 members (excludes halogenated alkanes) is 1. The molecule has 2 rings (SSSR count). The van der Waals surface area contributed by atoms with Crippen LogP contribution in [0.15, 0.2) is 30.3 Å². The average Bonchev–Trinajstić information content (AvgIpc) is 3.56. The molecule has 1 aliphatic heterocycles. The van der Waals surface area contributed by atoms with Gasteiger partial charge in [0, 0.05) is 35.6 Å². The zero-order chi connectivity index (χ0) is 70.5. The van der Waals surface area contributed by atoms with Gasteiger partial charge in [-0.2, -0.15) is 0 Å². The Balaban J connectivity index is -0.0000000153. The van der Waals surface area contributed by atoms with Gasteiger partial charge in [0.25, 0.3) is 0 Å². The highest BCUT2D eigenvalue weighted by Crippen LogP contribution is 2.07. The highest BCUT2D eigenvalue weighted by Gasteiger charge is 2.11. The van der Waals surface area contributed by atoms with E-state index in [0.29, 0.717) is 6.10 Å². The fourth-order valence-corrected chi connectivity index (χ4v) is 2.26. The number of nitrogens with zero attached hydrogens (tertiary/aromatic N) is 1. The quantitative estimate of drug-likeness (QED) is 0.121. The number of carbonyl (C=O) groups is 11. The fourth-order valence-electron chi connectivity index (χ4n) is 2.26. The van der Waals surface area contributed by atoms with Crippen LogP contribution in [0.1, 0.15) is 184 Å². The number of amides is 1. The Hall–Kier alpha value is -5.09. The number of hydrogen-bond donors (Lipinski definition) is 11. The molecular formula is C58H155N11O13. The smallest absolute Gasteiger partial charge is 0.219 e. The number of benzene rings is 1. The van der Waals surface area contributed by atoms with E-state index in [1.54, 1.807) is 20.8 Å². The maximum atomic E-state index is 10.7. The van der Waals surface area contributed by atoms with Crippen molar-refractivity contribution in [3.05, 3.63) is 35.9 Å². The molecule has 1 aliphatic rings. The maximum Gasteiger partial charge on any atom is 0.219 e. The summed E-state index contributed by atoms with van der Waals surface area (Å²) in [6.45, 7) is 60.6. The highest BCUT2D eigenvalue weighted by atomic mass is 16.5. The lowest BCUT2D eigenvalue weighted by Crippen LogP contribution is -2.33. The van der Waals surface area contributed by atoms with Crippen LogP contribution >= 0.6 is 0 Å². The summed E-state index contributed by atoms with van der Waals surface area (Å²) in [5.74, 6) is 2.00. The first kappa shape index (κ1) is 171. The Morgan fingerprint density at radius 2 is 0.683 bits per heavy atom. The predicted molar refractivity (Wildman–Crippen MR) is 369 cm³/mol. The molecule has 0 unspecified atom stereocenters. The van der Waals surface area contributed by atoms with Crippen LogP contribution in [0.2, 0.25) is 0 Å². The van der Waals surface area contributed by atoms with Crippen LogP contribution in [0.25, 0.3) is 0 Å². The van der Waals surface area contributed by atoms with Crippen molar-refractivity contribution in [3.8, 4) is 0 Å². The van der Waals surface area contributed by atoms with Gasteiger partial charge in [0.2, 0.25) is 5.91 Å². The third-order valence-corrected chi connectivity index (χ3v) is 5.97. The Labute approximate surface area is 512 Å². The van der Waals surface area contributed by atoms with Crippen LogP contribution in [0.5, 0.6) is 0 Å². The second kappa shape index (κ2) is 350. The second-order valence-corrected chi connectivity index (χ2v) is 12.4. The molecule has 1 amide bonds. The summed E-state index contributed by atoms with van der Waals surface area (Å²) >= 11 is 0. The van der Waals surface area contributed by atoms with Gasteiger partial charge >= 0.3 is 0 Å². The lowest BCUT2D eigenvalue weighted by molar-refractivity contribution is -0.129. The number of aryl methyl sites for hydroxylation is 1. The number of ether oxygens (including phenoxy) is 1. The molecule has 0 spiro atoms. The Morgan fingerprint density at radius 1 is 0.488 bits per heavy atom. The number of rotatable bonds is 7. The van der Waals surface area contributed by atoms with E-state index in [2.05, 4.69) is 128 Å². The number of hydrogen-bond acceptors (Lipinski definition) is 23. The van der Waals surface area contributed by atoms with Gasteiger partial charge in [-0.15, -0.1) is 0 Å². The summed E-state index contributed by atoms with van der Waals surface area (Å²) in [5, 5.41) is 8.06. The number of likely N-dealkylation sites (tertiary alicyclic amines) is 1. The lowest BCUT2D eigenvalue weighted by atomic mass is 10.1. The summed E-state index contributed by atoms with van der Waals surface area (Å²) in [5.41, 5.74) is 33.4. The van der Waals surface area contributed by atoms with Crippen LogP contribution < -0.4 is 58.6 Å². The molecule has 82 heavy (non-hydrogen) atoms.